The zero-order chi connectivity index (χ0) is 16.2. The van der Waals surface area contributed by atoms with Crippen LogP contribution in [0.2, 0.25) is 0 Å². The maximum atomic E-state index is 12.1. The van der Waals surface area contributed by atoms with Gasteiger partial charge >= 0.3 is 0 Å². The van der Waals surface area contributed by atoms with E-state index in [-0.39, 0.29) is 6.04 Å². The van der Waals surface area contributed by atoms with Crippen molar-refractivity contribution in [2.24, 2.45) is 0 Å². The van der Waals surface area contributed by atoms with Crippen LogP contribution in [0.5, 0.6) is 0 Å². The van der Waals surface area contributed by atoms with Crippen LogP contribution in [-0.4, -0.2) is 30.9 Å². The Morgan fingerprint density at radius 2 is 1.67 bits per heavy atom. The highest BCUT2D eigenvalue weighted by Crippen LogP contribution is 2.13. The lowest BCUT2D eigenvalue weighted by molar-refractivity contribution is -0.121. The maximum absolute atomic E-state index is 12.1. The van der Waals surface area contributed by atoms with E-state index < -0.39 is 26.2 Å². The molecule has 1 aromatic rings. The van der Waals surface area contributed by atoms with Gasteiger partial charge in [-0.15, -0.1) is 0 Å². The van der Waals surface area contributed by atoms with E-state index in [2.05, 4.69) is 21.2 Å². The number of amides is 1. The van der Waals surface area contributed by atoms with Gasteiger partial charge in [-0.1, -0.05) is 28.1 Å². The summed E-state index contributed by atoms with van der Waals surface area (Å²) in [6.07, 6.45) is 0.660. The number of nitrogens with one attached hydrogen (secondary N) is 1. The van der Waals surface area contributed by atoms with Crippen molar-refractivity contribution in [1.29, 1.82) is 0 Å². The molecule has 1 amide bonds. The van der Waals surface area contributed by atoms with Crippen LogP contribution in [0, 0.1) is 0 Å². The van der Waals surface area contributed by atoms with E-state index in [0.29, 0.717) is 6.42 Å². The summed E-state index contributed by atoms with van der Waals surface area (Å²) in [6.45, 7) is 6.49. The maximum Gasteiger partial charge on any atom is 0.238 e. The molecule has 2 atom stereocenters. The Morgan fingerprint density at radius 1 is 1.14 bits per heavy atom. The van der Waals surface area contributed by atoms with Crippen LogP contribution in [0.1, 0.15) is 33.3 Å². The fourth-order valence-corrected chi connectivity index (χ4v) is 3.39. The molecule has 0 aliphatic rings. The molecule has 1 N–H and O–H groups in total. The lowest BCUT2D eigenvalue weighted by Crippen LogP contribution is -2.44. The highest BCUT2D eigenvalue weighted by atomic mass is 79.9. The Bertz CT molecular complexity index is 581. The Kier molecular flexibility index (Phi) is 6.41. The normalized spacial score (nSPS) is 14.8. The molecule has 0 spiro atoms. The third-order valence-electron chi connectivity index (χ3n) is 3.36. The first-order valence-electron chi connectivity index (χ1n) is 6.92. The highest BCUT2D eigenvalue weighted by molar-refractivity contribution is 9.10. The molecule has 21 heavy (non-hydrogen) atoms. The van der Waals surface area contributed by atoms with Crippen LogP contribution in [-0.2, 0) is 21.1 Å². The van der Waals surface area contributed by atoms with Gasteiger partial charge in [0.25, 0.3) is 0 Å². The highest BCUT2D eigenvalue weighted by Gasteiger charge is 2.31. The number of carbonyl (C=O) groups is 1. The number of sulfone groups is 1. The summed E-state index contributed by atoms with van der Waals surface area (Å²) < 4.78 is 25.0. The molecule has 0 saturated carbocycles. The van der Waals surface area contributed by atoms with E-state index in [0.717, 1.165) is 10.0 Å². The van der Waals surface area contributed by atoms with E-state index >= 15 is 0 Å². The molecule has 0 saturated heterocycles. The standard InChI is InChI=1S/C15H22BrNO3S/c1-10(2)21(19,20)12(4)15(18)17-11(3)9-13-5-7-14(16)8-6-13/h5-8,10-12H,9H2,1-4H3,(H,17,18)/t11-,12+/m0/s1. The molecule has 0 aliphatic heterocycles. The molecule has 0 unspecified atom stereocenters. The summed E-state index contributed by atoms with van der Waals surface area (Å²) >= 11 is 3.37. The second kappa shape index (κ2) is 7.40. The first-order valence-corrected chi connectivity index (χ1v) is 9.32. The molecule has 4 nitrogen and oxygen atoms in total. The molecule has 118 valence electrons. The van der Waals surface area contributed by atoms with Crippen LogP contribution >= 0.6 is 15.9 Å². The van der Waals surface area contributed by atoms with Crippen LogP contribution in [0.3, 0.4) is 0 Å². The molecule has 0 aromatic heterocycles. The van der Waals surface area contributed by atoms with Gasteiger partial charge in [0.2, 0.25) is 5.91 Å². The summed E-state index contributed by atoms with van der Waals surface area (Å²) in [5.41, 5.74) is 1.09. The molecule has 0 fully saturated rings. The lowest BCUT2D eigenvalue weighted by atomic mass is 10.1. The van der Waals surface area contributed by atoms with Crippen LogP contribution < -0.4 is 5.32 Å². The molecule has 0 aliphatic carbocycles. The van der Waals surface area contributed by atoms with E-state index in [1.54, 1.807) is 13.8 Å². The largest absolute Gasteiger partial charge is 0.352 e. The van der Waals surface area contributed by atoms with E-state index in [9.17, 15) is 13.2 Å². The molecular formula is C15H22BrNO3S. The van der Waals surface area contributed by atoms with Gasteiger partial charge in [0, 0.05) is 10.5 Å². The van der Waals surface area contributed by atoms with Crippen LogP contribution in [0.15, 0.2) is 28.7 Å². The smallest absolute Gasteiger partial charge is 0.238 e. The number of rotatable bonds is 6. The van der Waals surface area contributed by atoms with Gasteiger partial charge in [0.15, 0.2) is 9.84 Å². The third-order valence-corrected chi connectivity index (χ3v) is 6.41. The Hall–Kier alpha value is -0.880. The number of carbonyl (C=O) groups excluding carboxylic acids is 1. The molecule has 1 rings (SSSR count). The average molecular weight is 376 g/mol. The van der Waals surface area contributed by atoms with E-state index in [1.165, 1.54) is 6.92 Å². The van der Waals surface area contributed by atoms with Gasteiger partial charge in [-0.05, 0) is 51.8 Å². The van der Waals surface area contributed by atoms with Gasteiger partial charge in [0.1, 0.15) is 5.25 Å². The predicted molar refractivity (Wildman–Crippen MR) is 89.0 cm³/mol. The van der Waals surface area contributed by atoms with Gasteiger partial charge < -0.3 is 5.32 Å². The zero-order valence-electron chi connectivity index (χ0n) is 12.8. The van der Waals surface area contributed by atoms with Crippen molar-refractivity contribution in [2.75, 3.05) is 0 Å². The van der Waals surface area contributed by atoms with Crippen molar-refractivity contribution < 1.29 is 13.2 Å². The molecule has 0 heterocycles. The van der Waals surface area contributed by atoms with Gasteiger partial charge in [-0.25, -0.2) is 8.42 Å². The van der Waals surface area contributed by atoms with Crippen molar-refractivity contribution in [1.82, 2.24) is 5.32 Å². The minimum absolute atomic E-state index is 0.122. The van der Waals surface area contributed by atoms with Gasteiger partial charge in [0.05, 0.1) is 5.25 Å². The fraction of sp³-hybridized carbons (Fsp3) is 0.533. The quantitative estimate of drug-likeness (QED) is 0.831. The van der Waals surface area contributed by atoms with E-state index in [1.807, 2.05) is 31.2 Å². The van der Waals surface area contributed by atoms with Crippen molar-refractivity contribution in [3.63, 3.8) is 0 Å². The lowest BCUT2D eigenvalue weighted by Gasteiger charge is -2.19. The summed E-state index contributed by atoms with van der Waals surface area (Å²) in [5.74, 6) is -0.437. The third kappa shape index (κ3) is 5.11. The first kappa shape index (κ1) is 18.2. The topological polar surface area (TPSA) is 63.2 Å². The summed E-state index contributed by atoms with van der Waals surface area (Å²) in [4.78, 5) is 12.1. The van der Waals surface area contributed by atoms with E-state index in [4.69, 9.17) is 0 Å². The summed E-state index contributed by atoms with van der Waals surface area (Å²) in [5, 5.41) is 1.20. The van der Waals surface area contributed by atoms with Gasteiger partial charge in [-0.3, -0.25) is 4.79 Å². The second-order valence-electron chi connectivity index (χ2n) is 5.52. The minimum Gasteiger partial charge on any atom is -0.352 e. The average Bonchev–Trinajstić information content (AvgIpc) is 2.40. The van der Waals surface area contributed by atoms with Crippen molar-refractivity contribution in [2.45, 2.75) is 50.7 Å². The molecule has 6 heteroatoms. The Labute approximate surface area is 135 Å². The first-order chi connectivity index (χ1) is 9.64. The van der Waals surface area contributed by atoms with Crippen molar-refractivity contribution >= 4 is 31.7 Å². The monoisotopic (exact) mass is 375 g/mol. The molecular weight excluding hydrogens is 354 g/mol. The molecule has 0 radical (unpaired) electrons. The minimum atomic E-state index is -3.42. The summed E-state index contributed by atoms with van der Waals surface area (Å²) in [6, 6.07) is 7.71. The molecule has 1 aromatic carbocycles. The number of hydrogen-bond donors (Lipinski definition) is 1. The van der Waals surface area contributed by atoms with Crippen LogP contribution in [0.25, 0.3) is 0 Å². The second-order valence-corrected chi connectivity index (χ2v) is 9.26. The van der Waals surface area contributed by atoms with Crippen molar-refractivity contribution in [3.8, 4) is 0 Å². The SMILES string of the molecule is CC(C)S(=O)(=O)[C@H](C)C(=O)N[C@@H](C)Cc1ccc(Br)cc1. The Balaban J connectivity index is 2.64. The number of halogens is 1. The molecule has 0 bridgehead atoms. The Morgan fingerprint density at radius 3 is 2.14 bits per heavy atom. The van der Waals surface area contributed by atoms with Gasteiger partial charge in [-0.2, -0.15) is 0 Å². The number of hydrogen-bond acceptors (Lipinski definition) is 3. The van der Waals surface area contributed by atoms with Crippen LogP contribution in [0.4, 0.5) is 0 Å². The predicted octanol–water partition coefficient (Wildman–Crippen LogP) is 2.71. The summed E-state index contributed by atoms with van der Waals surface area (Å²) in [7, 11) is -3.42. The zero-order valence-corrected chi connectivity index (χ0v) is 15.2. The van der Waals surface area contributed by atoms with Crippen molar-refractivity contribution in [3.05, 3.63) is 34.3 Å². The number of benzene rings is 1. The fourth-order valence-electron chi connectivity index (χ4n) is 1.94.